The van der Waals surface area contributed by atoms with Crippen LogP contribution in [0.15, 0.2) is 29.3 Å². The van der Waals surface area contributed by atoms with Crippen LogP contribution in [0.2, 0.25) is 0 Å². The van der Waals surface area contributed by atoms with E-state index in [1.54, 1.807) is 0 Å². The normalized spacial score (nSPS) is 13.2. The summed E-state index contributed by atoms with van der Waals surface area (Å²) in [5.74, 6) is -0.442. The summed E-state index contributed by atoms with van der Waals surface area (Å²) in [5.41, 5.74) is 11.4. The van der Waals surface area contributed by atoms with Gasteiger partial charge < -0.3 is 16.8 Å². The first kappa shape index (κ1) is 19.8. The molecule has 0 saturated carbocycles. The van der Waals surface area contributed by atoms with Gasteiger partial charge in [0.1, 0.15) is 0 Å². The van der Waals surface area contributed by atoms with E-state index in [0.29, 0.717) is 30.8 Å². The van der Waals surface area contributed by atoms with Crippen molar-refractivity contribution in [3.05, 3.63) is 29.3 Å². The second kappa shape index (κ2) is 9.28. The molecule has 0 aliphatic carbocycles. The van der Waals surface area contributed by atoms with Crippen LogP contribution in [0.5, 0.6) is 0 Å². The van der Waals surface area contributed by atoms with Gasteiger partial charge in [-0.1, -0.05) is 26.0 Å². The van der Waals surface area contributed by atoms with Crippen LogP contribution in [0, 0.1) is 5.92 Å². The van der Waals surface area contributed by atoms with Gasteiger partial charge in [0, 0.05) is 12.5 Å². The number of thiazole rings is 1. The second-order valence-corrected chi connectivity index (χ2v) is 7.20. The molecule has 0 spiro atoms. The number of nitrogens with two attached hydrogens (primary N) is 2. The summed E-state index contributed by atoms with van der Waals surface area (Å²) in [6.07, 6.45) is 1.75. The smallest absolute Gasteiger partial charge is 0.223 e. The molecule has 0 aliphatic rings. The molecule has 1 heterocycles. The number of guanidine groups is 1. The minimum absolute atomic E-state index is 0.0164. The number of aromatic nitrogens is 1. The Kier molecular flexibility index (Phi) is 7.08. The largest absolute Gasteiger partial charge is 0.370 e. The highest BCUT2D eigenvalue weighted by Gasteiger charge is 2.26. The quantitative estimate of drug-likeness (QED) is 0.268. The van der Waals surface area contributed by atoms with Crippen LogP contribution < -0.4 is 16.8 Å². The van der Waals surface area contributed by atoms with E-state index in [9.17, 15) is 9.59 Å². The van der Waals surface area contributed by atoms with Gasteiger partial charge in [-0.2, -0.15) is 0 Å². The number of Topliss-reactive ketones (excluding diaryl/α,β-unsaturated/α-hetero) is 1. The van der Waals surface area contributed by atoms with Crippen molar-refractivity contribution < 1.29 is 9.59 Å². The second-order valence-electron chi connectivity index (χ2n) is 6.17. The van der Waals surface area contributed by atoms with Gasteiger partial charge in [0.15, 0.2) is 11.0 Å². The van der Waals surface area contributed by atoms with Gasteiger partial charge in [0.25, 0.3) is 0 Å². The van der Waals surface area contributed by atoms with Crippen molar-refractivity contribution in [3.63, 3.8) is 0 Å². The highest BCUT2D eigenvalue weighted by atomic mass is 32.1. The third-order valence-corrected chi connectivity index (χ3v) is 5.19. The van der Waals surface area contributed by atoms with Crippen molar-refractivity contribution in [2.75, 3.05) is 6.54 Å². The number of hydrogen-bond donors (Lipinski definition) is 3. The van der Waals surface area contributed by atoms with Crippen molar-refractivity contribution in [1.29, 1.82) is 0 Å². The molecule has 2 atom stereocenters. The molecule has 2 rings (SSSR count). The van der Waals surface area contributed by atoms with Gasteiger partial charge in [-0.15, -0.1) is 11.3 Å². The summed E-state index contributed by atoms with van der Waals surface area (Å²) in [6, 6.07) is 6.95. The maximum atomic E-state index is 12.9. The van der Waals surface area contributed by atoms with Crippen LogP contribution in [0.25, 0.3) is 10.2 Å². The Balaban J connectivity index is 2.15. The van der Waals surface area contributed by atoms with Crippen LogP contribution in [-0.2, 0) is 4.79 Å². The zero-order chi connectivity index (χ0) is 19.1. The molecule has 1 aromatic heterocycles. The molecule has 26 heavy (non-hydrogen) atoms. The van der Waals surface area contributed by atoms with Crippen LogP contribution in [-0.4, -0.2) is 35.2 Å². The molecule has 1 aromatic carbocycles. The SMILES string of the molecule is CC[C@H](C)C(=O)NC(CCCN=C(N)N)C(=O)c1nc2ccccc2s1. The predicted octanol–water partition coefficient (Wildman–Crippen LogP) is 2.06. The van der Waals surface area contributed by atoms with Gasteiger partial charge >= 0.3 is 0 Å². The molecular weight excluding hydrogens is 350 g/mol. The highest BCUT2D eigenvalue weighted by Crippen LogP contribution is 2.23. The Morgan fingerprint density at radius 3 is 2.69 bits per heavy atom. The first-order valence-corrected chi connectivity index (χ1v) is 9.49. The molecule has 0 bridgehead atoms. The molecule has 7 nitrogen and oxygen atoms in total. The summed E-state index contributed by atoms with van der Waals surface area (Å²) in [5, 5.41) is 3.27. The number of hydrogen-bond acceptors (Lipinski definition) is 5. The summed E-state index contributed by atoms with van der Waals surface area (Å²) in [4.78, 5) is 33.6. The minimum atomic E-state index is -0.633. The zero-order valence-corrected chi connectivity index (χ0v) is 15.9. The Labute approximate surface area is 156 Å². The van der Waals surface area contributed by atoms with Gasteiger partial charge in [0.2, 0.25) is 11.7 Å². The van der Waals surface area contributed by atoms with Gasteiger partial charge in [-0.3, -0.25) is 14.6 Å². The van der Waals surface area contributed by atoms with E-state index < -0.39 is 6.04 Å². The number of carbonyl (C=O) groups is 2. The lowest BCUT2D eigenvalue weighted by Gasteiger charge is -2.18. The molecule has 0 saturated heterocycles. The maximum Gasteiger partial charge on any atom is 0.223 e. The van der Waals surface area contributed by atoms with Gasteiger partial charge in [0.05, 0.1) is 16.3 Å². The van der Waals surface area contributed by atoms with E-state index in [2.05, 4.69) is 15.3 Å². The fraction of sp³-hybridized carbons (Fsp3) is 0.444. The van der Waals surface area contributed by atoms with Crippen molar-refractivity contribution in [1.82, 2.24) is 10.3 Å². The third kappa shape index (κ3) is 5.26. The van der Waals surface area contributed by atoms with E-state index in [0.717, 1.165) is 10.2 Å². The van der Waals surface area contributed by atoms with Crippen molar-refractivity contribution >= 4 is 39.2 Å². The molecule has 140 valence electrons. The molecular formula is C18H25N5O2S. The van der Waals surface area contributed by atoms with E-state index in [4.69, 9.17) is 11.5 Å². The Bertz CT molecular complexity index is 765. The van der Waals surface area contributed by atoms with Gasteiger partial charge in [-0.25, -0.2) is 4.98 Å². The lowest BCUT2D eigenvalue weighted by atomic mass is 10.0. The Hall–Kier alpha value is -2.48. The van der Waals surface area contributed by atoms with Crippen LogP contribution in [0.3, 0.4) is 0 Å². The lowest BCUT2D eigenvalue weighted by molar-refractivity contribution is -0.125. The summed E-state index contributed by atoms with van der Waals surface area (Å²) >= 11 is 1.34. The monoisotopic (exact) mass is 375 g/mol. The summed E-state index contributed by atoms with van der Waals surface area (Å²) in [6.45, 7) is 4.19. The average Bonchev–Trinajstić information content (AvgIpc) is 3.06. The van der Waals surface area contributed by atoms with Crippen LogP contribution in [0.4, 0.5) is 0 Å². The third-order valence-electron chi connectivity index (χ3n) is 4.14. The first-order chi connectivity index (χ1) is 12.4. The number of fused-ring (bicyclic) bond motifs is 1. The fourth-order valence-corrected chi connectivity index (χ4v) is 3.36. The van der Waals surface area contributed by atoms with Crippen molar-refractivity contribution in [2.45, 2.75) is 39.2 Å². The van der Waals surface area contributed by atoms with Crippen molar-refractivity contribution in [3.8, 4) is 0 Å². The van der Waals surface area contributed by atoms with E-state index >= 15 is 0 Å². The number of rotatable bonds is 9. The molecule has 2 aromatic rings. The molecule has 1 unspecified atom stereocenters. The Morgan fingerprint density at radius 1 is 1.31 bits per heavy atom. The standard InChI is InChI=1S/C18H25N5O2S/c1-3-11(2)16(25)22-13(8-6-10-21-18(19)20)15(24)17-23-12-7-4-5-9-14(12)26-17/h4-5,7,9,11,13H,3,6,8,10H2,1-2H3,(H,22,25)(H4,19,20,21)/t11-,13?/m0/s1. The average molecular weight is 375 g/mol. The number of carbonyl (C=O) groups excluding carboxylic acids is 2. The molecule has 0 aliphatic heterocycles. The van der Waals surface area contributed by atoms with Gasteiger partial charge in [-0.05, 0) is 31.4 Å². The van der Waals surface area contributed by atoms with Crippen LogP contribution >= 0.6 is 11.3 Å². The number of amides is 1. The molecule has 5 N–H and O–H groups in total. The molecule has 0 fully saturated rings. The van der Waals surface area contributed by atoms with Crippen LogP contribution in [0.1, 0.15) is 42.9 Å². The van der Waals surface area contributed by atoms with E-state index in [1.165, 1.54) is 11.3 Å². The Morgan fingerprint density at radius 2 is 2.04 bits per heavy atom. The number of nitrogens with zero attached hydrogens (tertiary/aromatic N) is 2. The lowest BCUT2D eigenvalue weighted by Crippen LogP contribution is -2.43. The fourth-order valence-electron chi connectivity index (χ4n) is 2.40. The highest BCUT2D eigenvalue weighted by molar-refractivity contribution is 7.20. The number of nitrogens with one attached hydrogen (secondary N) is 1. The number of benzene rings is 1. The predicted molar refractivity (Wildman–Crippen MR) is 105 cm³/mol. The topological polar surface area (TPSA) is 123 Å². The van der Waals surface area contributed by atoms with E-state index in [1.807, 2.05) is 38.1 Å². The summed E-state index contributed by atoms with van der Waals surface area (Å²) in [7, 11) is 0. The molecule has 8 heteroatoms. The zero-order valence-electron chi connectivity index (χ0n) is 15.1. The number of ketones is 1. The number of para-hydroxylation sites is 1. The minimum Gasteiger partial charge on any atom is -0.370 e. The molecule has 1 amide bonds. The van der Waals surface area contributed by atoms with Crippen molar-refractivity contribution in [2.24, 2.45) is 22.4 Å². The summed E-state index contributed by atoms with van der Waals surface area (Å²) < 4.78 is 0.948. The maximum absolute atomic E-state index is 12.9. The number of aliphatic imine (C=N–C) groups is 1. The molecule has 0 radical (unpaired) electrons. The first-order valence-electron chi connectivity index (χ1n) is 8.68. The van der Waals surface area contributed by atoms with E-state index in [-0.39, 0.29) is 23.6 Å².